The Balaban J connectivity index is 1.75. The normalized spacial score (nSPS) is 10.8. The van der Waals surface area contributed by atoms with E-state index in [9.17, 15) is 4.79 Å². The topological polar surface area (TPSA) is 78.6 Å². The lowest BCUT2D eigenvalue weighted by atomic mass is 10.1. The fraction of sp³-hybridized carbons (Fsp3) is 0.0435. The van der Waals surface area contributed by atoms with E-state index in [0.29, 0.717) is 16.3 Å². The maximum Gasteiger partial charge on any atom is 0.280 e. The highest BCUT2D eigenvalue weighted by atomic mass is 32.1. The maximum atomic E-state index is 13.2. The zero-order valence-corrected chi connectivity index (χ0v) is 16.8. The van der Waals surface area contributed by atoms with Gasteiger partial charge in [0.25, 0.3) is 5.91 Å². The number of benzene rings is 3. The molecule has 0 unspecified atom stereocenters. The molecule has 30 heavy (non-hydrogen) atoms. The summed E-state index contributed by atoms with van der Waals surface area (Å²) in [6, 6.07) is 23.6. The fourth-order valence-corrected chi connectivity index (χ4v) is 3.72. The van der Waals surface area contributed by atoms with Crippen molar-refractivity contribution < 1.29 is 9.53 Å². The van der Waals surface area contributed by atoms with E-state index in [2.05, 4.69) is 16.2 Å². The minimum atomic E-state index is -0.335. The summed E-state index contributed by atoms with van der Waals surface area (Å²) in [4.78, 5) is 17.8. The summed E-state index contributed by atoms with van der Waals surface area (Å²) in [5.41, 5.74) is 2.51. The lowest BCUT2D eigenvalue weighted by Gasteiger charge is -2.13. The third kappa shape index (κ3) is 4.04. The maximum absolute atomic E-state index is 13.2. The van der Waals surface area contributed by atoms with Crippen LogP contribution in [0, 0.1) is 11.3 Å². The molecule has 7 heteroatoms. The number of hydrogen-bond donors (Lipinski definition) is 0. The van der Waals surface area contributed by atoms with Crippen LogP contribution >= 0.6 is 11.3 Å². The summed E-state index contributed by atoms with van der Waals surface area (Å²) in [5.74, 6) is 0.383. The van der Waals surface area contributed by atoms with E-state index in [1.54, 1.807) is 37.6 Å². The first-order valence-electron chi connectivity index (χ1n) is 9.06. The monoisotopic (exact) mass is 412 g/mol. The number of carbonyl (C=O) groups is 1. The summed E-state index contributed by atoms with van der Waals surface area (Å²) >= 11 is 1.35. The molecule has 0 aliphatic carbocycles. The lowest BCUT2D eigenvalue weighted by molar-refractivity contribution is 0.0988. The molecule has 146 valence electrons. The Morgan fingerprint density at radius 3 is 2.60 bits per heavy atom. The highest BCUT2D eigenvalue weighted by molar-refractivity contribution is 7.22. The number of methoxy groups -OCH3 is 1. The molecule has 0 saturated heterocycles. The predicted molar refractivity (Wildman–Crippen MR) is 118 cm³/mol. The minimum absolute atomic E-state index is 0.335. The Hall–Kier alpha value is -4.02. The van der Waals surface area contributed by atoms with E-state index in [-0.39, 0.29) is 5.91 Å². The number of fused-ring (bicyclic) bond motifs is 1. The number of thiazole rings is 1. The fourth-order valence-electron chi connectivity index (χ4n) is 2.77. The standard InChI is InChI=1S/C23H16N4O2S/c1-29-19-11-12-20-21(13-19)30-23(26-20)27(25-15-17-5-3-2-4-6-17)22(28)18-9-7-16(14-24)8-10-18/h2-13,15H,1H3/b25-15+. The number of hydrazone groups is 1. The van der Waals surface area contributed by atoms with Crippen LogP contribution in [0.15, 0.2) is 77.9 Å². The second-order valence-corrected chi connectivity index (χ2v) is 7.30. The predicted octanol–water partition coefficient (Wildman–Crippen LogP) is 4.86. The van der Waals surface area contributed by atoms with Gasteiger partial charge in [0.05, 0.1) is 35.2 Å². The van der Waals surface area contributed by atoms with Gasteiger partial charge in [0.1, 0.15) is 5.75 Å². The van der Waals surface area contributed by atoms with Gasteiger partial charge in [-0.05, 0) is 48.0 Å². The Kier molecular flexibility index (Phi) is 5.50. The van der Waals surface area contributed by atoms with Gasteiger partial charge < -0.3 is 4.74 Å². The van der Waals surface area contributed by atoms with Crippen molar-refractivity contribution in [2.24, 2.45) is 5.10 Å². The zero-order valence-electron chi connectivity index (χ0n) is 16.0. The molecular weight excluding hydrogens is 396 g/mol. The van der Waals surface area contributed by atoms with Crippen LogP contribution in [0.3, 0.4) is 0 Å². The highest BCUT2D eigenvalue weighted by Crippen LogP contribution is 2.32. The number of carbonyl (C=O) groups excluding carboxylic acids is 1. The van der Waals surface area contributed by atoms with E-state index in [1.165, 1.54) is 16.3 Å². The number of aromatic nitrogens is 1. The van der Waals surface area contributed by atoms with Crippen molar-refractivity contribution in [2.75, 3.05) is 12.1 Å². The van der Waals surface area contributed by atoms with Crippen LogP contribution in [0.25, 0.3) is 10.2 Å². The van der Waals surface area contributed by atoms with Crippen LogP contribution in [0.5, 0.6) is 5.75 Å². The Morgan fingerprint density at radius 2 is 1.90 bits per heavy atom. The van der Waals surface area contributed by atoms with Gasteiger partial charge in [-0.3, -0.25) is 4.79 Å². The minimum Gasteiger partial charge on any atom is -0.497 e. The molecule has 0 aliphatic heterocycles. The van der Waals surface area contributed by atoms with Gasteiger partial charge in [-0.2, -0.15) is 15.4 Å². The average molecular weight is 412 g/mol. The van der Waals surface area contributed by atoms with Crippen molar-refractivity contribution in [3.8, 4) is 11.8 Å². The smallest absolute Gasteiger partial charge is 0.280 e. The first kappa shape index (κ1) is 19.3. The molecule has 0 N–H and O–H groups in total. The van der Waals surface area contributed by atoms with Crippen molar-refractivity contribution >= 4 is 38.8 Å². The summed E-state index contributed by atoms with van der Waals surface area (Å²) < 4.78 is 6.16. The van der Waals surface area contributed by atoms with E-state index in [4.69, 9.17) is 10.00 Å². The molecule has 6 nitrogen and oxygen atoms in total. The van der Waals surface area contributed by atoms with Gasteiger partial charge in [0.15, 0.2) is 0 Å². The van der Waals surface area contributed by atoms with Crippen LogP contribution in [0.2, 0.25) is 0 Å². The third-order valence-electron chi connectivity index (χ3n) is 4.34. The van der Waals surface area contributed by atoms with Crippen molar-refractivity contribution in [1.82, 2.24) is 4.98 Å². The van der Waals surface area contributed by atoms with E-state index in [1.807, 2.05) is 48.5 Å². The van der Waals surface area contributed by atoms with Crippen LogP contribution in [-0.2, 0) is 0 Å². The molecule has 0 radical (unpaired) electrons. The molecule has 0 saturated carbocycles. The van der Waals surface area contributed by atoms with Gasteiger partial charge in [-0.15, -0.1) is 0 Å². The molecular formula is C23H16N4O2S. The van der Waals surface area contributed by atoms with Gasteiger partial charge >= 0.3 is 0 Å². The largest absolute Gasteiger partial charge is 0.497 e. The average Bonchev–Trinajstić information content (AvgIpc) is 3.22. The van der Waals surface area contributed by atoms with Crippen molar-refractivity contribution in [3.05, 3.63) is 89.5 Å². The molecule has 4 aromatic rings. The third-order valence-corrected chi connectivity index (χ3v) is 5.33. The summed E-state index contributed by atoms with van der Waals surface area (Å²) in [6.45, 7) is 0. The number of anilines is 1. The second-order valence-electron chi connectivity index (χ2n) is 6.29. The summed E-state index contributed by atoms with van der Waals surface area (Å²) in [6.07, 6.45) is 1.62. The molecule has 0 atom stereocenters. The number of hydrogen-bond acceptors (Lipinski definition) is 6. The number of ether oxygens (including phenoxy) is 1. The number of nitriles is 1. The van der Waals surface area contributed by atoms with E-state index < -0.39 is 0 Å². The van der Waals surface area contributed by atoms with Crippen molar-refractivity contribution in [3.63, 3.8) is 0 Å². The number of nitrogens with zero attached hydrogens (tertiary/aromatic N) is 4. The molecule has 0 spiro atoms. The molecule has 4 rings (SSSR count). The molecule has 0 fully saturated rings. The first-order chi connectivity index (χ1) is 14.7. The Labute approximate surface area is 177 Å². The molecule has 0 bridgehead atoms. The first-order valence-corrected chi connectivity index (χ1v) is 9.88. The molecule has 1 heterocycles. The Bertz CT molecular complexity index is 1260. The molecule has 0 aliphatic rings. The number of rotatable bonds is 5. The highest BCUT2D eigenvalue weighted by Gasteiger charge is 2.21. The summed E-state index contributed by atoms with van der Waals surface area (Å²) in [5, 5.41) is 15.2. The Morgan fingerprint density at radius 1 is 1.13 bits per heavy atom. The molecule has 3 aromatic carbocycles. The number of amides is 1. The van der Waals surface area contributed by atoms with E-state index in [0.717, 1.165) is 21.5 Å². The van der Waals surface area contributed by atoms with Crippen LogP contribution in [0.1, 0.15) is 21.5 Å². The molecule has 1 aromatic heterocycles. The van der Waals surface area contributed by atoms with E-state index >= 15 is 0 Å². The van der Waals surface area contributed by atoms with Gasteiger partial charge in [0.2, 0.25) is 5.13 Å². The van der Waals surface area contributed by atoms with Crippen LogP contribution in [0.4, 0.5) is 5.13 Å². The van der Waals surface area contributed by atoms with Crippen molar-refractivity contribution in [1.29, 1.82) is 5.26 Å². The van der Waals surface area contributed by atoms with Crippen molar-refractivity contribution in [2.45, 2.75) is 0 Å². The quantitative estimate of drug-likeness (QED) is 0.346. The van der Waals surface area contributed by atoms with Gasteiger partial charge in [-0.25, -0.2) is 4.98 Å². The summed E-state index contributed by atoms with van der Waals surface area (Å²) in [7, 11) is 1.61. The van der Waals surface area contributed by atoms with Gasteiger partial charge in [-0.1, -0.05) is 41.7 Å². The molecule has 1 amide bonds. The lowest BCUT2D eigenvalue weighted by Crippen LogP contribution is -2.25. The van der Waals surface area contributed by atoms with Gasteiger partial charge in [0, 0.05) is 5.56 Å². The second kappa shape index (κ2) is 8.55. The van der Waals surface area contributed by atoms with Crippen LogP contribution in [-0.4, -0.2) is 24.2 Å². The SMILES string of the molecule is COc1ccc2nc(N(/N=C/c3ccccc3)C(=O)c3ccc(C#N)cc3)sc2c1. The van der Waals surface area contributed by atoms with Crippen LogP contribution < -0.4 is 9.75 Å². The zero-order chi connectivity index (χ0) is 20.9.